The normalized spacial score (nSPS) is 14.4. The van der Waals surface area contributed by atoms with Gasteiger partial charge in [-0.25, -0.2) is 0 Å². The van der Waals surface area contributed by atoms with E-state index in [1.165, 1.54) is 21.8 Å². The Morgan fingerprint density at radius 3 is 1.08 bits per heavy atom. The van der Waals surface area contributed by atoms with Crippen LogP contribution in [0.15, 0.2) is 18.2 Å². The Balaban J connectivity index is 3.11. The molecular formula is C23H43As2N. The molecule has 1 aromatic rings. The topological polar surface area (TPSA) is 12.9 Å². The van der Waals surface area contributed by atoms with Gasteiger partial charge in [-0.3, -0.25) is 0 Å². The van der Waals surface area contributed by atoms with Crippen molar-refractivity contribution in [3.8, 4) is 0 Å². The van der Waals surface area contributed by atoms with Crippen molar-refractivity contribution in [2.24, 2.45) is 0 Å². The van der Waals surface area contributed by atoms with Crippen molar-refractivity contribution in [3.05, 3.63) is 29.6 Å². The summed E-state index contributed by atoms with van der Waals surface area (Å²) in [6, 6.07) is 6.80. The second kappa shape index (κ2) is 8.33. The van der Waals surface area contributed by atoms with Crippen LogP contribution in [-0.4, -0.2) is 34.3 Å². The summed E-state index contributed by atoms with van der Waals surface area (Å²) in [7, 11) is 0. The average molecular weight is 483 g/mol. The van der Waals surface area contributed by atoms with Gasteiger partial charge in [-0.05, 0) is 0 Å². The summed E-state index contributed by atoms with van der Waals surface area (Å²) in [5.41, 5.74) is 2.67. The molecule has 0 aliphatic carbocycles. The summed E-state index contributed by atoms with van der Waals surface area (Å²) in [5.74, 6) is 0. The van der Waals surface area contributed by atoms with Gasteiger partial charge in [0.2, 0.25) is 0 Å². The van der Waals surface area contributed by atoms with Crippen LogP contribution < -0.4 is 0 Å². The summed E-state index contributed by atoms with van der Waals surface area (Å²) in [6.45, 7) is 29.2. The first kappa shape index (κ1) is 24.3. The van der Waals surface area contributed by atoms with Crippen molar-refractivity contribution in [2.45, 2.75) is 110 Å². The molecule has 1 rings (SSSR count). The Kier molecular flexibility index (Phi) is 7.79. The fourth-order valence-electron chi connectivity index (χ4n) is 3.99. The minimum absolute atomic E-state index is 0.428. The van der Waals surface area contributed by atoms with Crippen molar-refractivity contribution >= 4 is 29.3 Å². The van der Waals surface area contributed by atoms with Gasteiger partial charge in [0.05, 0.1) is 0 Å². The van der Waals surface area contributed by atoms with Crippen LogP contribution >= 0.6 is 0 Å². The van der Waals surface area contributed by atoms with Crippen molar-refractivity contribution in [3.63, 3.8) is 0 Å². The molecule has 0 spiro atoms. The van der Waals surface area contributed by atoms with Crippen LogP contribution in [0.2, 0.25) is 16.8 Å². The monoisotopic (exact) mass is 483 g/mol. The van der Waals surface area contributed by atoms with Gasteiger partial charge in [-0.1, -0.05) is 0 Å². The van der Waals surface area contributed by atoms with E-state index >= 15 is 0 Å². The number of rotatable bonds is 4. The van der Waals surface area contributed by atoms with E-state index in [1.54, 1.807) is 0 Å². The summed E-state index contributed by atoms with van der Waals surface area (Å²) in [5, 5.41) is 2.43. The van der Waals surface area contributed by atoms with Gasteiger partial charge in [0, 0.05) is 0 Å². The maximum atomic E-state index is 5.18. The molecule has 0 aromatic carbocycles. The first-order chi connectivity index (χ1) is 11.4. The van der Waals surface area contributed by atoms with Crippen LogP contribution in [0.1, 0.15) is 94.5 Å². The molecule has 0 saturated carbocycles. The molecule has 3 heteroatoms. The fraction of sp³-hybridized carbons (Fsp3) is 0.783. The minimum atomic E-state index is -1.09. The molecule has 1 aromatic heterocycles. The van der Waals surface area contributed by atoms with E-state index in [0.717, 1.165) is 0 Å². The van der Waals surface area contributed by atoms with Crippen LogP contribution in [0, 0.1) is 0 Å². The fourth-order valence-corrected chi connectivity index (χ4v) is 18.5. The molecule has 0 saturated heterocycles. The first-order valence-electron chi connectivity index (χ1n) is 9.93. The molecule has 0 fully saturated rings. The Bertz CT molecular complexity index is 503. The maximum absolute atomic E-state index is 5.18. The molecule has 0 radical (unpaired) electrons. The summed E-state index contributed by atoms with van der Waals surface area (Å²) in [6.07, 6.45) is 0. The second-order valence-electron chi connectivity index (χ2n) is 11.5. The SMILES string of the molecule is CC(C)(C)[As](Cc1cccc(C[As](C(C)(C)C)C(C)(C)C)n1)C(C)(C)C. The average Bonchev–Trinajstić information content (AvgIpc) is 2.37. The van der Waals surface area contributed by atoms with E-state index in [1.807, 2.05) is 0 Å². The molecule has 0 atom stereocenters. The van der Waals surface area contributed by atoms with Crippen molar-refractivity contribution in [1.29, 1.82) is 0 Å². The molecule has 0 amide bonds. The third-order valence-corrected chi connectivity index (χ3v) is 21.0. The van der Waals surface area contributed by atoms with Crippen LogP contribution in [0.3, 0.4) is 0 Å². The van der Waals surface area contributed by atoms with E-state index in [4.69, 9.17) is 4.98 Å². The van der Waals surface area contributed by atoms with Gasteiger partial charge in [0.1, 0.15) is 0 Å². The van der Waals surface area contributed by atoms with Gasteiger partial charge in [-0.2, -0.15) is 0 Å². The van der Waals surface area contributed by atoms with Gasteiger partial charge in [0.15, 0.2) is 0 Å². The van der Waals surface area contributed by atoms with E-state index in [0.29, 0.717) is 16.8 Å². The first-order valence-corrected chi connectivity index (χ1v) is 16.3. The van der Waals surface area contributed by atoms with Gasteiger partial charge in [0.25, 0.3) is 0 Å². The molecule has 0 unspecified atom stereocenters. The number of pyridine rings is 1. The third-order valence-electron chi connectivity index (χ3n) is 4.74. The number of hydrogen-bond donors (Lipinski definition) is 0. The van der Waals surface area contributed by atoms with Crippen molar-refractivity contribution < 1.29 is 0 Å². The molecule has 0 aliphatic heterocycles. The number of nitrogens with zero attached hydrogens (tertiary/aromatic N) is 1. The zero-order valence-electron chi connectivity index (χ0n) is 19.5. The zero-order chi connectivity index (χ0) is 20.6. The summed E-state index contributed by atoms with van der Waals surface area (Å²) >= 11 is -2.18. The van der Waals surface area contributed by atoms with Gasteiger partial charge in [-0.15, -0.1) is 0 Å². The van der Waals surface area contributed by atoms with Crippen molar-refractivity contribution in [1.82, 2.24) is 4.98 Å². The predicted molar refractivity (Wildman–Crippen MR) is 122 cm³/mol. The van der Waals surface area contributed by atoms with Crippen LogP contribution in [0.25, 0.3) is 0 Å². The summed E-state index contributed by atoms with van der Waals surface area (Å²) in [4.78, 5) is 5.18. The Morgan fingerprint density at radius 1 is 0.577 bits per heavy atom. The van der Waals surface area contributed by atoms with E-state index in [2.05, 4.69) is 101 Å². The molecule has 26 heavy (non-hydrogen) atoms. The Labute approximate surface area is 173 Å². The molecule has 1 nitrogen and oxygen atoms in total. The molecule has 0 N–H and O–H groups in total. The molecule has 0 bridgehead atoms. The van der Waals surface area contributed by atoms with Crippen molar-refractivity contribution in [2.75, 3.05) is 0 Å². The second-order valence-corrected chi connectivity index (χ2v) is 27.7. The number of hydrogen-bond acceptors (Lipinski definition) is 1. The summed E-state index contributed by atoms with van der Waals surface area (Å²) < 4.78 is 1.71. The van der Waals surface area contributed by atoms with Crippen LogP contribution in [0.5, 0.6) is 0 Å². The van der Waals surface area contributed by atoms with E-state index in [-0.39, 0.29) is 0 Å². The van der Waals surface area contributed by atoms with Crippen LogP contribution in [0.4, 0.5) is 0 Å². The Morgan fingerprint density at radius 2 is 0.846 bits per heavy atom. The molecular weight excluding hydrogens is 440 g/mol. The van der Waals surface area contributed by atoms with E-state index < -0.39 is 29.3 Å². The molecule has 0 aliphatic rings. The molecule has 150 valence electrons. The number of aromatic nitrogens is 1. The van der Waals surface area contributed by atoms with E-state index in [9.17, 15) is 0 Å². The quantitative estimate of drug-likeness (QED) is 0.406. The molecule has 1 heterocycles. The van der Waals surface area contributed by atoms with Gasteiger partial charge >= 0.3 is 174 Å². The van der Waals surface area contributed by atoms with Crippen LogP contribution in [-0.2, 0) is 10.4 Å². The Hall–Kier alpha value is 0.267. The predicted octanol–water partition coefficient (Wildman–Crippen LogP) is 7.44. The third kappa shape index (κ3) is 7.35. The zero-order valence-corrected chi connectivity index (χ0v) is 23.2. The van der Waals surface area contributed by atoms with Gasteiger partial charge < -0.3 is 0 Å². The standard InChI is InChI=1S/C23H43As2N/c1-20(2,3)24(21(4,5)6)16-18-14-13-15-19(26-18)17-25(22(7,8)9)23(10,11)12/h13-15H,16-17H2,1-12H3.